The lowest BCUT2D eigenvalue weighted by atomic mass is 10.0. The van der Waals surface area contributed by atoms with E-state index < -0.39 is 26.3 Å². The number of nitrogens with two attached hydrogens (primary N) is 1. The number of ether oxygens (including phenoxy) is 3. The number of nitrogens with zero attached hydrogens (tertiary/aromatic N) is 3. The summed E-state index contributed by atoms with van der Waals surface area (Å²) in [5.41, 5.74) is 8.22. The largest absolute Gasteiger partial charge is 0.425 e. The normalized spacial score (nSPS) is 12.8. The number of aliphatic imine (C=N–C) groups is 1. The maximum atomic E-state index is 14.2. The Hall–Kier alpha value is -3.99. The molecule has 14 nitrogen and oxygen atoms in total. The second-order valence-electron chi connectivity index (χ2n) is 16.5. The van der Waals surface area contributed by atoms with Crippen LogP contribution in [0.5, 0.6) is 5.75 Å². The quantitative estimate of drug-likeness (QED) is 0.0121. The van der Waals surface area contributed by atoms with E-state index in [1.54, 1.807) is 25.3 Å². The van der Waals surface area contributed by atoms with Gasteiger partial charge in [-0.3, -0.25) is 14.5 Å². The van der Waals surface area contributed by atoms with E-state index >= 15 is 0 Å². The van der Waals surface area contributed by atoms with Crippen molar-refractivity contribution in [3.63, 3.8) is 0 Å². The Labute approximate surface area is 405 Å². The second-order valence-corrected chi connectivity index (χ2v) is 18.1. The molecule has 374 valence electrons. The number of aliphatic hydroxyl groups is 2. The van der Waals surface area contributed by atoms with Gasteiger partial charge in [-0.2, -0.15) is 5.26 Å². The third-order valence-corrected chi connectivity index (χ3v) is 11.4. The number of rotatable bonds is 36. The molecule has 1 aromatic heterocycles. The van der Waals surface area contributed by atoms with E-state index in [4.69, 9.17) is 66.0 Å². The van der Waals surface area contributed by atoms with E-state index in [-0.39, 0.29) is 43.9 Å². The summed E-state index contributed by atoms with van der Waals surface area (Å²) in [7, 11) is -0.364. The van der Waals surface area contributed by atoms with E-state index in [0.29, 0.717) is 41.5 Å². The summed E-state index contributed by atoms with van der Waals surface area (Å²) in [6, 6.07) is 16.9. The van der Waals surface area contributed by atoms with Crippen LogP contribution >= 0.6 is 20.2 Å². The van der Waals surface area contributed by atoms with Gasteiger partial charge in [0.15, 0.2) is 5.79 Å². The molecule has 0 amide bonds. The maximum absolute atomic E-state index is 14.2. The third-order valence-electron chi connectivity index (χ3n) is 10.1. The predicted molar refractivity (Wildman–Crippen MR) is 266 cm³/mol. The Morgan fingerprint density at radius 2 is 1.46 bits per heavy atom. The topological polar surface area (TPSA) is 221 Å². The number of benzene rings is 2. The van der Waals surface area contributed by atoms with Crippen molar-refractivity contribution in [2.24, 2.45) is 10.7 Å². The van der Waals surface area contributed by atoms with Gasteiger partial charge in [-0.15, -0.1) is 0 Å². The van der Waals surface area contributed by atoms with Gasteiger partial charge in [0.05, 0.1) is 54.9 Å². The average Bonchev–Trinajstić information content (AvgIpc) is 3.79. The fourth-order valence-electron chi connectivity index (χ4n) is 6.56. The van der Waals surface area contributed by atoms with E-state index in [9.17, 15) is 9.65 Å². The summed E-state index contributed by atoms with van der Waals surface area (Å²) in [6.07, 6.45) is 22.1. The molecule has 2 aromatic carbocycles. The lowest BCUT2D eigenvalue weighted by molar-refractivity contribution is -0.127. The minimum Gasteiger partial charge on any atom is -0.425 e. The fraction of sp³-hybridized carbons (Fsp3) is 0.600. The zero-order valence-corrected chi connectivity index (χ0v) is 41.9. The van der Waals surface area contributed by atoms with Gasteiger partial charge in [0.1, 0.15) is 29.8 Å². The standard InChI is InChI=1S/C46H68ClFN5O6P.C3H8O2.CHN/c1-3-4-5-6-7-8-9-10-11-12-13-14-15-16-17-20-27-55-33-42(56-32-38-28-37(31-49)29-39(48)30-38)35-58-60(59-45-22-19-18-21-43(45)47)57-34-41(54-2)25-23-40-24-26-44(53-40)46(51)52-36-50;1-3(2,4)5;1-2/h18-19,21-22,24,26,28-30,36,41-42,53H,3-17,20,23,25,27,32-35H2,1-2H3,(H3,50,51,52);4-5H,1-2H3;1H. The van der Waals surface area contributed by atoms with Gasteiger partial charge < -0.3 is 39.7 Å². The van der Waals surface area contributed by atoms with Gasteiger partial charge in [0.25, 0.3) is 0 Å². The smallest absolute Gasteiger partial charge is 0.397 e. The number of nitriles is 2. The number of unbranched alkanes of at least 4 members (excludes halogenated alkanes) is 15. The molecule has 0 fully saturated rings. The molecule has 3 atom stereocenters. The highest BCUT2D eigenvalue weighted by Crippen LogP contribution is 2.43. The Kier molecular flexibility index (Phi) is 35.4. The van der Waals surface area contributed by atoms with Gasteiger partial charge in [-0.25, -0.2) is 14.6 Å². The summed E-state index contributed by atoms with van der Waals surface area (Å²) >= 11 is 6.44. The van der Waals surface area contributed by atoms with Gasteiger partial charge in [-0.1, -0.05) is 127 Å². The van der Waals surface area contributed by atoms with Crippen molar-refractivity contribution in [1.29, 1.82) is 15.9 Å². The first-order valence-electron chi connectivity index (χ1n) is 23.5. The summed E-state index contributed by atoms with van der Waals surface area (Å²) in [5, 5.41) is 39.6. The highest BCUT2D eigenvalue weighted by Gasteiger charge is 2.23. The minimum absolute atomic E-state index is 0.0527. The Morgan fingerprint density at radius 1 is 0.896 bits per heavy atom. The predicted octanol–water partition coefficient (Wildman–Crippen LogP) is 12.0. The van der Waals surface area contributed by atoms with Crippen molar-refractivity contribution in [3.8, 4) is 18.4 Å². The summed E-state index contributed by atoms with van der Waals surface area (Å²) < 4.78 is 50.8. The number of aromatic amines is 1. The number of nitrogens with one attached hydrogen (secondary N) is 2. The van der Waals surface area contributed by atoms with Crippen molar-refractivity contribution in [3.05, 3.63) is 88.0 Å². The molecular formula is C50H77ClFN6O8P. The van der Waals surface area contributed by atoms with Crippen LogP contribution in [0.3, 0.4) is 0 Å². The van der Waals surface area contributed by atoms with Gasteiger partial charge in [0, 0.05) is 26.0 Å². The number of aromatic nitrogens is 1. The van der Waals surface area contributed by atoms with Crippen LogP contribution in [0.15, 0.2) is 59.6 Å². The highest BCUT2D eigenvalue weighted by atomic mass is 35.5. The molecule has 0 saturated carbocycles. The van der Waals surface area contributed by atoms with E-state index in [0.717, 1.165) is 24.9 Å². The third kappa shape index (κ3) is 32.4. The van der Waals surface area contributed by atoms with Gasteiger partial charge >= 0.3 is 8.60 Å². The van der Waals surface area contributed by atoms with Crippen LogP contribution in [0.25, 0.3) is 0 Å². The summed E-state index contributed by atoms with van der Waals surface area (Å²) in [6.45, 7) is 9.46. The number of H-pyrrole nitrogens is 1. The number of methoxy groups -OCH3 is 1. The second kappa shape index (κ2) is 38.9. The van der Waals surface area contributed by atoms with Crippen LogP contribution in [0.4, 0.5) is 4.39 Å². The SMILES string of the molecule is C#N.CC(C)(O)O.CCCCCCCCCCCCCCCCCCOCC(COP(OCC(CCc1ccc(C(N)=NC=N)[nH]1)OC)Oc1ccccc1Cl)OCc1cc(F)cc(C#N)c1. The van der Waals surface area contributed by atoms with Crippen molar-refractivity contribution >= 4 is 32.4 Å². The molecule has 3 aromatic rings. The Morgan fingerprint density at radius 3 is 2.01 bits per heavy atom. The van der Waals surface area contributed by atoms with Crippen LogP contribution in [-0.2, 0) is 36.3 Å². The van der Waals surface area contributed by atoms with Crippen molar-refractivity contribution in [2.45, 2.75) is 161 Å². The number of para-hydroxylation sites is 1. The number of hydrogen-bond donors (Lipinski definition) is 5. The first-order valence-corrected chi connectivity index (χ1v) is 24.9. The Balaban J connectivity index is 0.00000299. The molecule has 67 heavy (non-hydrogen) atoms. The van der Waals surface area contributed by atoms with E-state index in [2.05, 4.69) is 23.5 Å². The van der Waals surface area contributed by atoms with Crippen LogP contribution in [0.1, 0.15) is 152 Å². The fourth-order valence-corrected chi connectivity index (χ4v) is 7.86. The first kappa shape index (κ1) is 61.0. The summed E-state index contributed by atoms with van der Waals surface area (Å²) in [5.74, 6) is -1.36. The lowest BCUT2D eigenvalue weighted by Gasteiger charge is -2.24. The molecule has 0 aliphatic heterocycles. The number of halogens is 2. The van der Waals surface area contributed by atoms with Crippen molar-refractivity contribution in [1.82, 2.24) is 4.98 Å². The minimum atomic E-state index is -1.98. The lowest BCUT2D eigenvalue weighted by Crippen LogP contribution is -2.26. The molecule has 3 unspecified atom stereocenters. The molecule has 1 heterocycles. The molecule has 0 spiro atoms. The molecular weight excluding hydrogens is 898 g/mol. The zero-order chi connectivity index (χ0) is 49.5. The molecule has 6 N–H and O–H groups in total. The summed E-state index contributed by atoms with van der Waals surface area (Å²) in [4.78, 5) is 7.03. The molecule has 3 rings (SSSR count). The molecule has 0 saturated heterocycles. The van der Waals surface area contributed by atoms with Crippen LogP contribution < -0.4 is 10.3 Å². The molecule has 0 aliphatic rings. The zero-order valence-electron chi connectivity index (χ0n) is 40.2. The molecule has 0 aliphatic carbocycles. The number of hydrogen-bond acceptors (Lipinski definition) is 11. The maximum Gasteiger partial charge on any atom is 0.397 e. The van der Waals surface area contributed by atoms with Crippen molar-refractivity contribution in [2.75, 3.05) is 33.5 Å². The Bertz CT molecular complexity index is 1820. The average molecular weight is 976 g/mol. The van der Waals surface area contributed by atoms with E-state index in [1.807, 2.05) is 30.3 Å². The monoisotopic (exact) mass is 975 g/mol. The number of aryl methyl sites for hydroxylation is 1. The highest BCUT2D eigenvalue weighted by molar-refractivity contribution is 7.42. The van der Waals surface area contributed by atoms with Gasteiger partial charge in [0.2, 0.25) is 0 Å². The first-order chi connectivity index (χ1) is 32.3. The molecule has 17 heteroatoms. The van der Waals surface area contributed by atoms with Gasteiger partial charge in [-0.05, 0) is 81.1 Å². The van der Waals surface area contributed by atoms with Crippen LogP contribution in [0.2, 0.25) is 5.02 Å². The van der Waals surface area contributed by atoms with E-state index in [1.165, 1.54) is 116 Å². The van der Waals surface area contributed by atoms with Crippen LogP contribution in [0, 0.1) is 34.4 Å². The van der Waals surface area contributed by atoms with Crippen molar-refractivity contribution < 1.29 is 42.4 Å². The number of amidine groups is 1. The molecule has 0 radical (unpaired) electrons. The van der Waals surface area contributed by atoms with Crippen LogP contribution in [-0.4, -0.2) is 78.9 Å². The molecule has 0 bridgehead atoms.